The van der Waals surface area contributed by atoms with E-state index < -0.39 is 0 Å². The standard InChI is InChI=1S/C19H29N3O2/c23-17-7-5-6-15(12-17)13-21-19(24)16-8-9-18(20-14-16)22-10-3-1-2-4-11-22/h8-9,14-15,17,23H,1-7,10-13H2,(H,21,24). The van der Waals surface area contributed by atoms with Crippen molar-refractivity contribution < 1.29 is 9.90 Å². The summed E-state index contributed by atoms with van der Waals surface area (Å²) in [6.07, 6.45) is 10.4. The molecule has 132 valence electrons. The molecule has 1 aliphatic carbocycles. The molecule has 2 atom stereocenters. The summed E-state index contributed by atoms with van der Waals surface area (Å²) in [6.45, 7) is 2.76. The van der Waals surface area contributed by atoms with Crippen LogP contribution in [-0.4, -0.2) is 41.7 Å². The number of nitrogens with zero attached hydrogens (tertiary/aromatic N) is 2. The third kappa shape index (κ3) is 4.69. The van der Waals surface area contributed by atoms with Gasteiger partial charge in [-0.1, -0.05) is 19.3 Å². The maximum absolute atomic E-state index is 12.3. The average Bonchev–Trinajstić information content (AvgIpc) is 2.89. The first-order valence-corrected chi connectivity index (χ1v) is 9.39. The molecule has 1 saturated heterocycles. The first-order chi connectivity index (χ1) is 11.7. The van der Waals surface area contributed by atoms with Crippen LogP contribution in [0, 0.1) is 5.92 Å². The average molecular weight is 331 g/mol. The monoisotopic (exact) mass is 331 g/mol. The number of carbonyl (C=O) groups excluding carboxylic acids is 1. The van der Waals surface area contributed by atoms with Crippen LogP contribution in [0.25, 0.3) is 0 Å². The molecule has 5 heteroatoms. The second kappa shape index (κ2) is 8.47. The van der Waals surface area contributed by atoms with Crippen LogP contribution in [0.3, 0.4) is 0 Å². The lowest BCUT2D eigenvalue weighted by atomic mass is 9.87. The number of aliphatic hydroxyl groups excluding tert-OH is 1. The van der Waals surface area contributed by atoms with Crippen molar-refractivity contribution in [1.29, 1.82) is 0 Å². The first-order valence-electron chi connectivity index (χ1n) is 9.39. The summed E-state index contributed by atoms with van der Waals surface area (Å²) in [6, 6.07) is 3.84. The van der Waals surface area contributed by atoms with E-state index >= 15 is 0 Å². The fourth-order valence-corrected chi connectivity index (χ4v) is 3.79. The van der Waals surface area contributed by atoms with Crippen LogP contribution >= 0.6 is 0 Å². The number of aliphatic hydroxyl groups is 1. The van der Waals surface area contributed by atoms with Crippen LogP contribution in [-0.2, 0) is 0 Å². The van der Waals surface area contributed by atoms with E-state index in [0.717, 1.165) is 44.6 Å². The largest absolute Gasteiger partial charge is 0.393 e. The van der Waals surface area contributed by atoms with Gasteiger partial charge in [0.1, 0.15) is 5.82 Å². The summed E-state index contributed by atoms with van der Waals surface area (Å²) in [5.74, 6) is 1.30. The number of aromatic nitrogens is 1. The van der Waals surface area contributed by atoms with Crippen molar-refractivity contribution in [2.24, 2.45) is 5.92 Å². The molecule has 2 unspecified atom stereocenters. The lowest BCUT2D eigenvalue weighted by Gasteiger charge is -2.26. The lowest BCUT2D eigenvalue weighted by molar-refractivity contribution is 0.0873. The minimum absolute atomic E-state index is 0.0648. The summed E-state index contributed by atoms with van der Waals surface area (Å²) in [5.41, 5.74) is 0.616. The van der Waals surface area contributed by atoms with Crippen molar-refractivity contribution in [3.8, 4) is 0 Å². The molecule has 5 nitrogen and oxygen atoms in total. The Balaban J connectivity index is 1.51. The molecular formula is C19H29N3O2. The van der Waals surface area contributed by atoms with E-state index in [-0.39, 0.29) is 12.0 Å². The number of carbonyl (C=O) groups is 1. The number of nitrogens with one attached hydrogen (secondary N) is 1. The highest BCUT2D eigenvalue weighted by atomic mass is 16.3. The van der Waals surface area contributed by atoms with Crippen molar-refractivity contribution in [1.82, 2.24) is 10.3 Å². The highest BCUT2D eigenvalue weighted by Crippen LogP contribution is 2.23. The Morgan fingerprint density at radius 2 is 1.96 bits per heavy atom. The van der Waals surface area contributed by atoms with Gasteiger partial charge in [0.05, 0.1) is 11.7 Å². The lowest BCUT2D eigenvalue weighted by Crippen LogP contribution is -2.33. The molecule has 0 radical (unpaired) electrons. The molecular weight excluding hydrogens is 302 g/mol. The molecule has 0 bridgehead atoms. The van der Waals surface area contributed by atoms with Gasteiger partial charge in [-0.3, -0.25) is 4.79 Å². The van der Waals surface area contributed by atoms with Gasteiger partial charge in [0.25, 0.3) is 5.91 Å². The minimum Gasteiger partial charge on any atom is -0.393 e. The Hall–Kier alpha value is -1.62. The van der Waals surface area contributed by atoms with E-state index in [0.29, 0.717) is 18.0 Å². The second-order valence-corrected chi connectivity index (χ2v) is 7.20. The number of hydrogen-bond acceptors (Lipinski definition) is 4. The maximum Gasteiger partial charge on any atom is 0.252 e. The van der Waals surface area contributed by atoms with Gasteiger partial charge >= 0.3 is 0 Å². The third-order valence-corrected chi connectivity index (χ3v) is 5.25. The van der Waals surface area contributed by atoms with Crippen LogP contribution in [0.15, 0.2) is 18.3 Å². The van der Waals surface area contributed by atoms with Crippen LogP contribution in [0.1, 0.15) is 61.7 Å². The summed E-state index contributed by atoms with van der Waals surface area (Å²) in [5, 5.41) is 12.7. The van der Waals surface area contributed by atoms with Crippen molar-refractivity contribution in [3.63, 3.8) is 0 Å². The molecule has 3 rings (SSSR count). The minimum atomic E-state index is -0.199. The van der Waals surface area contributed by atoms with Gasteiger partial charge in [-0.05, 0) is 50.2 Å². The Morgan fingerprint density at radius 3 is 2.62 bits per heavy atom. The predicted octanol–water partition coefficient (Wildman–Crippen LogP) is 2.74. The Labute approximate surface area is 144 Å². The SMILES string of the molecule is O=C(NCC1CCCC(O)C1)c1ccc(N2CCCCCC2)nc1. The third-order valence-electron chi connectivity index (χ3n) is 5.25. The normalized spacial score (nSPS) is 25.1. The molecule has 24 heavy (non-hydrogen) atoms. The molecule has 0 aromatic carbocycles. The van der Waals surface area contributed by atoms with E-state index in [1.165, 1.54) is 25.7 Å². The van der Waals surface area contributed by atoms with Gasteiger partial charge in [-0.2, -0.15) is 0 Å². The zero-order valence-corrected chi connectivity index (χ0v) is 14.4. The highest BCUT2D eigenvalue weighted by Gasteiger charge is 2.21. The van der Waals surface area contributed by atoms with Crippen molar-refractivity contribution in [3.05, 3.63) is 23.9 Å². The van der Waals surface area contributed by atoms with Gasteiger partial charge in [0.15, 0.2) is 0 Å². The molecule has 0 spiro atoms. The van der Waals surface area contributed by atoms with E-state index in [1.807, 2.05) is 12.1 Å². The van der Waals surface area contributed by atoms with Crippen LogP contribution in [0.5, 0.6) is 0 Å². The van der Waals surface area contributed by atoms with Gasteiger partial charge in [-0.15, -0.1) is 0 Å². The van der Waals surface area contributed by atoms with Crippen molar-refractivity contribution in [2.75, 3.05) is 24.5 Å². The van der Waals surface area contributed by atoms with Crippen LogP contribution < -0.4 is 10.2 Å². The summed E-state index contributed by atoms with van der Waals surface area (Å²) in [7, 11) is 0. The summed E-state index contributed by atoms with van der Waals surface area (Å²) >= 11 is 0. The van der Waals surface area contributed by atoms with Crippen molar-refractivity contribution >= 4 is 11.7 Å². The number of amides is 1. The Kier molecular flexibility index (Phi) is 6.07. The zero-order valence-electron chi connectivity index (χ0n) is 14.4. The fourth-order valence-electron chi connectivity index (χ4n) is 3.79. The quantitative estimate of drug-likeness (QED) is 0.890. The Morgan fingerprint density at radius 1 is 1.17 bits per heavy atom. The molecule has 1 saturated carbocycles. The summed E-state index contributed by atoms with van der Waals surface area (Å²) < 4.78 is 0. The fraction of sp³-hybridized carbons (Fsp3) is 0.684. The van der Waals surface area contributed by atoms with Gasteiger partial charge < -0.3 is 15.3 Å². The van der Waals surface area contributed by atoms with Gasteiger partial charge in [0, 0.05) is 25.8 Å². The van der Waals surface area contributed by atoms with Crippen LogP contribution in [0.4, 0.5) is 5.82 Å². The molecule has 2 fully saturated rings. The summed E-state index contributed by atoms with van der Waals surface area (Å²) in [4.78, 5) is 19.1. The van der Waals surface area contributed by atoms with E-state index in [2.05, 4.69) is 15.2 Å². The molecule has 1 aromatic heterocycles. The molecule has 1 amide bonds. The van der Waals surface area contributed by atoms with E-state index in [4.69, 9.17) is 0 Å². The second-order valence-electron chi connectivity index (χ2n) is 7.20. The van der Waals surface area contributed by atoms with Gasteiger partial charge in [-0.25, -0.2) is 4.98 Å². The molecule has 1 aromatic rings. The van der Waals surface area contributed by atoms with E-state index in [1.54, 1.807) is 6.20 Å². The highest BCUT2D eigenvalue weighted by molar-refractivity contribution is 5.94. The van der Waals surface area contributed by atoms with Crippen molar-refractivity contribution in [2.45, 2.75) is 57.5 Å². The number of hydrogen-bond donors (Lipinski definition) is 2. The van der Waals surface area contributed by atoms with E-state index in [9.17, 15) is 9.90 Å². The number of anilines is 1. The topological polar surface area (TPSA) is 65.5 Å². The van der Waals surface area contributed by atoms with Gasteiger partial charge in [0.2, 0.25) is 0 Å². The Bertz CT molecular complexity index is 524. The maximum atomic E-state index is 12.3. The first kappa shape index (κ1) is 17.2. The number of rotatable bonds is 4. The predicted molar refractivity (Wildman–Crippen MR) is 95.2 cm³/mol. The zero-order chi connectivity index (χ0) is 16.8. The molecule has 2 aliphatic rings. The van der Waals surface area contributed by atoms with Crippen LogP contribution in [0.2, 0.25) is 0 Å². The number of pyridine rings is 1. The molecule has 2 heterocycles. The molecule has 1 aliphatic heterocycles. The molecule has 2 N–H and O–H groups in total. The smallest absolute Gasteiger partial charge is 0.252 e.